The third-order valence-electron chi connectivity index (χ3n) is 2.55. The zero-order valence-electron chi connectivity index (χ0n) is 10.1. The molecule has 1 fully saturated rings. The minimum absolute atomic E-state index is 0.472. The Morgan fingerprint density at radius 3 is 2.56 bits per heavy atom. The van der Waals surface area contributed by atoms with E-state index in [2.05, 4.69) is 17.6 Å². The number of carbonyl (C=O) groups is 1. The molecule has 1 amide bonds. The SMILES string of the molecule is CC1CCCN1.CCCC(NC=O)B(O)O. The summed E-state index contributed by atoms with van der Waals surface area (Å²) in [6.45, 7) is 5.37. The molecule has 0 spiro atoms. The van der Waals surface area contributed by atoms with E-state index < -0.39 is 13.1 Å². The van der Waals surface area contributed by atoms with Crippen LogP contribution in [-0.4, -0.2) is 42.1 Å². The number of nitrogens with one attached hydrogen (secondary N) is 2. The van der Waals surface area contributed by atoms with Gasteiger partial charge in [-0.1, -0.05) is 13.3 Å². The topological polar surface area (TPSA) is 81.6 Å². The molecular weight excluding hydrogens is 207 g/mol. The van der Waals surface area contributed by atoms with Crippen LogP contribution in [0.4, 0.5) is 0 Å². The first-order valence-corrected chi connectivity index (χ1v) is 5.91. The molecule has 1 rings (SSSR count). The van der Waals surface area contributed by atoms with Crippen LogP contribution in [0.2, 0.25) is 0 Å². The van der Waals surface area contributed by atoms with E-state index in [-0.39, 0.29) is 0 Å². The van der Waals surface area contributed by atoms with Crippen molar-refractivity contribution < 1.29 is 14.8 Å². The van der Waals surface area contributed by atoms with Crippen molar-refractivity contribution in [3.8, 4) is 0 Å². The summed E-state index contributed by atoms with van der Waals surface area (Å²) in [5.74, 6) is -0.525. The molecule has 0 bridgehead atoms. The zero-order chi connectivity index (χ0) is 12.4. The molecule has 94 valence electrons. The fraction of sp³-hybridized carbons (Fsp3) is 0.900. The van der Waals surface area contributed by atoms with Crippen LogP contribution in [0.5, 0.6) is 0 Å². The van der Waals surface area contributed by atoms with E-state index in [9.17, 15) is 4.79 Å². The summed E-state index contributed by atoms with van der Waals surface area (Å²) in [6, 6.07) is 0.796. The van der Waals surface area contributed by atoms with Gasteiger partial charge in [0.15, 0.2) is 0 Å². The quantitative estimate of drug-likeness (QED) is 0.385. The molecule has 4 N–H and O–H groups in total. The summed E-state index contributed by atoms with van der Waals surface area (Å²) in [5, 5.41) is 22.8. The van der Waals surface area contributed by atoms with Gasteiger partial charge in [0.05, 0.1) is 5.94 Å². The predicted octanol–water partition coefficient (Wildman–Crippen LogP) is -0.329. The van der Waals surface area contributed by atoms with Crippen LogP contribution in [0.15, 0.2) is 0 Å². The second-order valence-corrected chi connectivity index (χ2v) is 4.09. The molecule has 1 heterocycles. The second-order valence-electron chi connectivity index (χ2n) is 4.09. The third kappa shape index (κ3) is 7.67. The molecule has 5 nitrogen and oxygen atoms in total. The van der Waals surface area contributed by atoms with E-state index in [1.807, 2.05) is 6.92 Å². The van der Waals surface area contributed by atoms with Crippen molar-refractivity contribution in [1.29, 1.82) is 0 Å². The number of hydrogen-bond donors (Lipinski definition) is 4. The lowest BCUT2D eigenvalue weighted by Crippen LogP contribution is -2.42. The van der Waals surface area contributed by atoms with E-state index in [0.29, 0.717) is 12.8 Å². The van der Waals surface area contributed by atoms with Crippen LogP contribution in [-0.2, 0) is 4.79 Å². The minimum Gasteiger partial charge on any atom is -0.426 e. The highest BCUT2D eigenvalue weighted by atomic mass is 16.4. The summed E-state index contributed by atoms with van der Waals surface area (Å²) in [5.41, 5.74) is 0. The lowest BCUT2D eigenvalue weighted by atomic mass is 9.77. The van der Waals surface area contributed by atoms with Gasteiger partial charge in [0.25, 0.3) is 0 Å². The Morgan fingerprint density at radius 2 is 2.31 bits per heavy atom. The van der Waals surface area contributed by atoms with Gasteiger partial charge in [-0.25, -0.2) is 0 Å². The van der Waals surface area contributed by atoms with Gasteiger partial charge in [-0.3, -0.25) is 4.79 Å². The van der Waals surface area contributed by atoms with E-state index >= 15 is 0 Å². The third-order valence-corrected chi connectivity index (χ3v) is 2.55. The Hall–Kier alpha value is -0.585. The monoisotopic (exact) mass is 230 g/mol. The van der Waals surface area contributed by atoms with Crippen molar-refractivity contribution in [2.45, 2.75) is 51.5 Å². The molecule has 0 aromatic rings. The van der Waals surface area contributed by atoms with Crippen LogP contribution in [0.3, 0.4) is 0 Å². The standard InChI is InChI=1S/C5H12BNO3.C5H11N/c1-2-3-5(6(9)10)7-4-8;1-5-3-2-4-6-5/h4-5,9-10H,2-3H2,1H3,(H,7,8);5-6H,2-4H2,1H3. The molecule has 0 saturated carbocycles. The molecule has 16 heavy (non-hydrogen) atoms. The lowest BCUT2D eigenvalue weighted by molar-refractivity contribution is -0.109. The Balaban J connectivity index is 0.000000315. The van der Waals surface area contributed by atoms with Crippen molar-refractivity contribution in [2.24, 2.45) is 0 Å². The first kappa shape index (κ1) is 15.4. The maximum Gasteiger partial charge on any atom is 0.475 e. The molecule has 0 aromatic carbocycles. The van der Waals surface area contributed by atoms with Gasteiger partial charge < -0.3 is 20.7 Å². The van der Waals surface area contributed by atoms with Crippen molar-refractivity contribution in [3.63, 3.8) is 0 Å². The lowest BCUT2D eigenvalue weighted by Gasteiger charge is -2.12. The van der Waals surface area contributed by atoms with Crippen LogP contribution in [0, 0.1) is 0 Å². The summed E-state index contributed by atoms with van der Waals surface area (Å²) < 4.78 is 0. The molecular formula is C10H23BN2O3. The number of carbonyl (C=O) groups excluding carboxylic acids is 1. The molecule has 0 aromatic heterocycles. The molecule has 1 aliphatic rings. The number of hydrogen-bond acceptors (Lipinski definition) is 4. The average Bonchev–Trinajstić information content (AvgIpc) is 2.70. The van der Waals surface area contributed by atoms with Crippen LogP contribution < -0.4 is 10.6 Å². The van der Waals surface area contributed by atoms with Gasteiger partial charge in [0.2, 0.25) is 6.41 Å². The van der Waals surface area contributed by atoms with Crippen molar-refractivity contribution in [3.05, 3.63) is 0 Å². The second kappa shape index (κ2) is 9.63. The number of rotatable bonds is 5. The van der Waals surface area contributed by atoms with E-state index in [4.69, 9.17) is 10.0 Å². The van der Waals surface area contributed by atoms with Gasteiger partial charge in [-0.05, 0) is 32.7 Å². The predicted molar refractivity (Wildman–Crippen MR) is 64.8 cm³/mol. The van der Waals surface area contributed by atoms with E-state index in [1.54, 1.807) is 0 Å². The largest absolute Gasteiger partial charge is 0.475 e. The first-order valence-electron chi connectivity index (χ1n) is 5.91. The van der Waals surface area contributed by atoms with Gasteiger partial charge >= 0.3 is 7.12 Å². The summed E-state index contributed by atoms with van der Waals surface area (Å²) in [4.78, 5) is 9.86. The maximum atomic E-state index is 9.86. The molecule has 2 unspecified atom stereocenters. The van der Waals surface area contributed by atoms with Gasteiger partial charge in [-0.2, -0.15) is 0 Å². The van der Waals surface area contributed by atoms with Gasteiger partial charge in [-0.15, -0.1) is 0 Å². The average molecular weight is 230 g/mol. The van der Waals surface area contributed by atoms with E-state index in [0.717, 1.165) is 12.5 Å². The molecule has 6 heteroatoms. The molecule has 1 saturated heterocycles. The van der Waals surface area contributed by atoms with Crippen molar-refractivity contribution >= 4 is 13.5 Å². The Kier molecular flexibility index (Phi) is 9.28. The van der Waals surface area contributed by atoms with E-state index in [1.165, 1.54) is 19.4 Å². The summed E-state index contributed by atoms with van der Waals surface area (Å²) >= 11 is 0. The normalized spacial score (nSPS) is 20.6. The Morgan fingerprint density at radius 1 is 1.62 bits per heavy atom. The number of amides is 1. The maximum absolute atomic E-state index is 9.86. The van der Waals surface area contributed by atoms with Crippen molar-refractivity contribution in [2.75, 3.05) is 6.54 Å². The van der Waals surface area contributed by atoms with Crippen LogP contribution in [0.25, 0.3) is 0 Å². The first-order chi connectivity index (χ1) is 7.61. The van der Waals surface area contributed by atoms with Crippen molar-refractivity contribution in [1.82, 2.24) is 10.6 Å². The molecule has 0 radical (unpaired) electrons. The summed E-state index contributed by atoms with van der Waals surface area (Å²) in [6.07, 6.45) is 4.61. The molecule has 2 atom stereocenters. The fourth-order valence-electron chi connectivity index (χ4n) is 1.58. The Bertz CT molecular complexity index is 175. The van der Waals surface area contributed by atoms with Gasteiger partial charge in [0, 0.05) is 6.04 Å². The fourth-order valence-corrected chi connectivity index (χ4v) is 1.58. The minimum atomic E-state index is -1.45. The molecule has 1 aliphatic heterocycles. The van der Waals surface area contributed by atoms with Crippen LogP contribution in [0.1, 0.15) is 39.5 Å². The smallest absolute Gasteiger partial charge is 0.426 e. The highest BCUT2D eigenvalue weighted by Gasteiger charge is 2.20. The highest BCUT2D eigenvalue weighted by Crippen LogP contribution is 2.01. The highest BCUT2D eigenvalue weighted by molar-refractivity contribution is 6.43. The molecule has 0 aliphatic carbocycles. The zero-order valence-corrected chi connectivity index (χ0v) is 10.1. The summed E-state index contributed by atoms with van der Waals surface area (Å²) in [7, 11) is -1.45. The van der Waals surface area contributed by atoms with Crippen LogP contribution >= 0.6 is 0 Å². The van der Waals surface area contributed by atoms with Gasteiger partial charge in [0.1, 0.15) is 0 Å². The Labute approximate surface area is 97.8 Å².